The van der Waals surface area contributed by atoms with Crippen molar-refractivity contribution in [3.8, 4) is 21.3 Å². The van der Waals surface area contributed by atoms with Crippen molar-refractivity contribution in [3.05, 3.63) is 41.8 Å². The van der Waals surface area contributed by atoms with E-state index in [0.29, 0.717) is 0 Å². The largest absolute Gasteiger partial charge is 0.398 e. The van der Waals surface area contributed by atoms with Gasteiger partial charge in [-0.25, -0.2) is 0 Å². The lowest BCUT2D eigenvalue weighted by molar-refractivity contribution is 0.974. The number of benzene rings is 1. The first-order chi connectivity index (χ1) is 9.83. The lowest BCUT2D eigenvalue weighted by Gasteiger charge is -1.99. The van der Waals surface area contributed by atoms with Crippen LogP contribution in [0.25, 0.3) is 26.2 Å². The zero-order valence-corrected chi connectivity index (χ0v) is 11.9. The number of para-hydroxylation sites is 1. The van der Waals surface area contributed by atoms with E-state index in [9.17, 15) is 0 Å². The molecule has 0 fully saturated rings. The summed E-state index contributed by atoms with van der Waals surface area (Å²) in [5.41, 5.74) is 7.65. The van der Waals surface area contributed by atoms with Crippen LogP contribution in [-0.4, -0.2) is 19.8 Å². The molecule has 98 valence electrons. The predicted molar refractivity (Wildman–Crippen MR) is 81.8 cm³/mol. The highest BCUT2D eigenvalue weighted by Crippen LogP contribution is 2.32. The summed E-state index contributed by atoms with van der Waals surface area (Å²) < 4.78 is 1.78. The second kappa shape index (κ2) is 4.39. The lowest BCUT2D eigenvalue weighted by Crippen LogP contribution is -1.91. The SMILES string of the molecule is Nc1ccccc1-c1nn2c(-c3cccs3)nnc2s1. The third-order valence-electron chi connectivity index (χ3n) is 2.92. The second-order valence-corrected chi connectivity index (χ2v) is 6.09. The third kappa shape index (κ3) is 1.71. The van der Waals surface area contributed by atoms with Gasteiger partial charge in [-0.1, -0.05) is 29.5 Å². The summed E-state index contributed by atoms with van der Waals surface area (Å²) in [6, 6.07) is 11.7. The number of thiophene rings is 1. The van der Waals surface area contributed by atoms with E-state index >= 15 is 0 Å². The van der Waals surface area contributed by atoms with Gasteiger partial charge in [-0.2, -0.15) is 9.61 Å². The Morgan fingerprint density at radius 2 is 1.95 bits per heavy atom. The van der Waals surface area contributed by atoms with E-state index < -0.39 is 0 Å². The van der Waals surface area contributed by atoms with Gasteiger partial charge >= 0.3 is 0 Å². The highest BCUT2D eigenvalue weighted by Gasteiger charge is 2.15. The number of nitrogens with zero attached hydrogens (tertiary/aromatic N) is 4. The summed E-state index contributed by atoms with van der Waals surface area (Å²) in [6.07, 6.45) is 0. The molecule has 3 heterocycles. The van der Waals surface area contributed by atoms with Gasteiger partial charge < -0.3 is 5.73 Å². The maximum absolute atomic E-state index is 6.00. The van der Waals surface area contributed by atoms with Gasteiger partial charge in [-0.15, -0.1) is 21.5 Å². The Morgan fingerprint density at radius 3 is 2.75 bits per heavy atom. The highest BCUT2D eigenvalue weighted by molar-refractivity contribution is 7.20. The van der Waals surface area contributed by atoms with E-state index in [4.69, 9.17) is 5.73 Å². The Kier molecular flexibility index (Phi) is 2.54. The maximum Gasteiger partial charge on any atom is 0.235 e. The van der Waals surface area contributed by atoms with Gasteiger partial charge in [0.15, 0.2) is 5.82 Å². The smallest absolute Gasteiger partial charge is 0.235 e. The number of fused-ring (bicyclic) bond motifs is 1. The van der Waals surface area contributed by atoms with Crippen molar-refractivity contribution in [3.63, 3.8) is 0 Å². The van der Waals surface area contributed by atoms with Gasteiger partial charge in [0.2, 0.25) is 4.96 Å². The van der Waals surface area contributed by atoms with E-state index in [-0.39, 0.29) is 0 Å². The molecule has 0 atom stereocenters. The molecule has 5 nitrogen and oxygen atoms in total. The predicted octanol–water partition coefficient (Wildman–Crippen LogP) is 3.16. The van der Waals surface area contributed by atoms with E-state index in [1.807, 2.05) is 41.8 Å². The first-order valence-electron chi connectivity index (χ1n) is 5.94. The van der Waals surface area contributed by atoms with Crippen LogP contribution >= 0.6 is 22.7 Å². The topological polar surface area (TPSA) is 69.1 Å². The molecule has 0 aliphatic heterocycles. The Bertz CT molecular complexity index is 875. The molecule has 0 saturated carbocycles. The van der Waals surface area contributed by atoms with Crippen molar-refractivity contribution in [1.29, 1.82) is 0 Å². The number of rotatable bonds is 2. The third-order valence-corrected chi connectivity index (χ3v) is 4.72. The zero-order valence-electron chi connectivity index (χ0n) is 10.2. The molecule has 1 aromatic carbocycles. The molecule has 4 rings (SSSR count). The van der Waals surface area contributed by atoms with E-state index in [2.05, 4.69) is 15.3 Å². The van der Waals surface area contributed by atoms with E-state index in [1.54, 1.807) is 15.9 Å². The summed E-state index contributed by atoms with van der Waals surface area (Å²) >= 11 is 3.11. The van der Waals surface area contributed by atoms with Crippen molar-refractivity contribution >= 4 is 33.3 Å². The zero-order chi connectivity index (χ0) is 13.5. The molecule has 20 heavy (non-hydrogen) atoms. The van der Waals surface area contributed by atoms with Gasteiger partial charge in [-0.3, -0.25) is 0 Å². The fraction of sp³-hybridized carbons (Fsp3) is 0. The van der Waals surface area contributed by atoms with Crippen molar-refractivity contribution in [2.45, 2.75) is 0 Å². The molecular formula is C13H9N5S2. The van der Waals surface area contributed by atoms with Crippen LogP contribution in [0, 0.1) is 0 Å². The van der Waals surface area contributed by atoms with Crippen LogP contribution in [-0.2, 0) is 0 Å². The average molecular weight is 299 g/mol. The minimum Gasteiger partial charge on any atom is -0.398 e. The molecular weight excluding hydrogens is 290 g/mol. The number of nitrogen functional groups attached to an aromatic ring is 1. The molecule has 0 radical (unpaired) electrons. The number of nitrogens with two attached hydrogens (primary N) is 1. The van der Waals surface area contributed by atoms with Crippen molar-refractivity contribution in [1.82, 2.24) is 19.8 Å². The van der Waals surface area contributed by atoms with Crippen molar-refractivity contribution < 1.29 is 0 Å². The van der Waals surface area contributed by atoms with Crippen molar-refractivity contribution in [2.24, 2.45) is 0 Å². The minimum atomic E-state index is 0.718. The summed E-state index contributed by atoms with van der Waals surface area (Å²) in [4.78, 5) is 1.82. The average Bonchev–Trinajstić information content (AvgIpc) is 3.14. The Balaban J connectivity index is 1.91. The summed E-state index contributed by atoms with van der Waals surface area (Å²) in [5, 5.41) is 15.8. The van der Waals surface area contributed by atoms with Crippen LogP contribution in [0.5, 0.6) is 0 Å². The molecule has 0 spiro atoms. The van der Waals surface area contributed by atoms with Gasteiger partial charge in [0, 0.05) is 11.3 Å². The summed E-state index contributed by atoms with van der Waals surface area (Å²) in [7, 11) is 0. The first kappa shape index (κ1) is 11.6. The molecule has 0 saturated heterocycles. The van der Waals surface area contributed by atoms with Gasteiger partial charge in [0.25, 0.3) is 0 Å². The standard InChI is InChI=1S/C13H9N5S2/c14-9-5-2-1-4-8(9)12-17-18-11(10-6-3-7-19-10)15-16-13(18)20-12/h1-7H,14H2. The van der Waals surface area contributed by atoms with Gasteiger partial charge in [0.05, 0.1) is 4.88 Å². The fourth-order valence-corrected chi connectivity index (χ4v) is 3.56. The molecule has 0 unspecified atom stereocenters. The fourth-order valence-electron chi connectivity index (χ4n) is 1.98. The summed E-state index contributed by atoms with van der Waals surface area (Å²) in [5.74, 6) is 0.770. The number of aromatic nitrogens is 4. The second-order valence-electron chi connectivity index (χ2n) is 4.19. The Labute approximate surface area is 122 Å². The number of anilines is 1. The van der Waals surface area contributed by atoms with E-state index in [1.165, 1.54) is 11.3 Å². The Hall–Kier alpha value is -2.25. The van der Waals surface area contributed by atoms with Crippen LogP contribution in [0.2, 0.25) is 0 Å². The molecule has 0 aliphatic carbocycles. The molecule has 4 aromatic rings. The van der Waals surface area contributed by atoms with Gasteiger partial charge in [-0.05, 0) is 23.6 Å². The molecule has 2 N–H and O–H groups in total. The molecule has 0 amide bonds. The van der Waals surface area contributed by atoms with Gasteiger partial charge in [0.1, 0.15) is 5.01 Å². The van der Waals surface area contributed by atoms with Crippen LogP contribution in [0.1, 0.15) is 0 Å². The van der Waals surface area contributed by atoms with Crippen LogP contribution in [0.4, 0.5) is 5.69 Å². The number of hydrogen-bond donors (Lipinski definition) is 1. The normalized spacial score (nSPS) is 11.2. The Morgan fingerprint density at radius 1 is 1.05 bits per heavy atom. The first-order valence-corrected chi connectivity index (χ1v) is 7.63. The summed E-state index contributed by atoms with van der Waals surface area (Å²) in [6.45, 7) is 0. The lowest BCUT2D eigenvalue weighted by atomic mass is 10.2. The van der Waals surface area contributed by atoms with Crippen LogP contribution < -0.4 is 5.73 Å². The number of hydrogen-bond acceptors (Lipinski definition) is 6. The molecule has 0 bridgehead atoms. The molecule has 7 heteroatoms. The van der Waals surface area contributed by atoms with Crippen LogP contribution in [0.3, 0.4) is 0 Å². The highest BCUT2D eigenvalue weighted by atomic mass is 32.1. The van der Waals surface area contributed by atoms with Crippen LogP contribution in [0.15, 0.2) is 41.8 Å². The minimum absolute atomic E-state index is 0.718. The van der Waals surface area contributed by atoms with E-state index in [0.717, 1.165) is 31.9 Å². The quantitative estimate of drug-likeness (QED) is 0.577. The molecule has 0 aliphatic rings. The monoisotopic (exact) mass is 299 g/mol. The van der Waals surface area contributed by atoms with Crippen molar-refractivity contribution in [2.75, 3.05) is 5.73 Å². The molecule has 3 aromatic heterocycles. The maximum atomic E-state index is 6.00.